The third-order valence-electron chi connectivity index (χ3n) is 5.40. The molecule has 2 N–H and O–H groups in total. The van der Waals surface area contributed by atoms with Gasteiger partial charge in [0.1, 0.15) is 12.2 Å². The molecule has 41 heavy (non-hydrogen) atoms. The number of hydrazine groups is 1. The molecule has 214 valence electrons. The van der Waals surface area contributed by atoms with Crippen LogP contribution < -0.4 is 10.7 Å². The molecule has 3 aromatic heterocycles. The molecule has 18 heteroatoms. The molecule has 0 unspecified atom stereocenters. The number of tetrazole rings is 1. The average Bonchev–Trinajstić information content (AvgIpc) is 3.57. The molecule has 3 heterocycles. The maximum atomic E-state index is 13.6. The SMILES string of the molecule is COC(=O)N(C)NC(=O)c1cc(Cl)cc(C)c1NC(=O)c1cc(Cn2nnc(C(F)F)n2)nn1-c1ncccc1Cl. The van der Waals surface area contributed by atoms with Gasteiger partial charge in [0, 0.05) is 18.3 Å². The largest absolute Gasteiger partial charge is 0.452 e. The number of nitrogens with one attached hydrogen (secondary N) is 2. The lowest BCUT2D eigenvalue weighted by Gasteiger charge is -2.19. The van der Waals surface area contributed by atoms with E-state index in [1.807, 2.05) is 0 Å². The summed E-state index contributed by atoms with van der Waals surface area (Å²) < 4.78 is 31.5. The van der Waals surface area contributed by atoms with Crippen molar-refractivity contribution >= 4 is 46.8 Å². The molecule has 1 aromatic carbocycles. The molecule has 0 aliphatic carbocycles. The molecule has 4 rings (SSSR count). The molecule has 0 spiro atoms. The first-order chi connectivity index (χ1) is 19.5. The summed E-state index contributed by atoms with van der Waals surface area (Å²) in [5.74, 6) is -2.19. The number of ether oxygens (including phenoxy) is 1. The van der Waals surface area contributed by atoms with Crippen LogP contribution in [0.15, 0.2) is 36.5 Å². The van der Waals surface area contributed by atoms with E-state index in [1.54, 1.807) is 13.0 Å². The van der Waals surface area contributed by atoms with E-state index in [1.165, 1.54) is 37.5 Å². The Labute approximate surface area is 240 Å². The first-order valence-corrected chi connectivity index (χ1v) is 12.2. The van der Waals surface area contributed by atoms with Crippen molar-refractivity contribution in [3.8, 4) is 5.82 Å². The summed E-state index contributed by atoms with van der Waals surface area (Å²) in [6.45, 7) is 1.39. The zero-order valence-corrected chi connectivity index (χ0v) is 23.0. The Morgan fingerprint density at radius 2 is 1.90 bits per heavy atom. The number of rotatable bonds is 7. The number of alkyl halides is 2. The Morgan fingerprint density at radius 1 is 1.15 bits per heavy atom. The third-order valence-corrected chi connectivity index (χ3v) is 5.91. The smallest absolute Gasteiger partial charge is 0.428 e. The summed E-state index contributed by atoms with van der Waals surface area (Å²) in [4.78, 5) is 43.5. The molecule has 0 radical (unpaired) electrons. The first-order valence-electron chi connectivity index (χ1n) is 11.5. The number of aromatic nitrogens is 7. The van der Waals surface area contributed by atoms with Crippen LogP contribution in [-0.2, 0) is 11.3 Å². The maximum Gasteiger partial charge on any atom is 0.428 e. The van der Waals surface area contributed by atoms with Crippen molar-refractivity contribution in [1.29, 1.82) is 0 Å². The molecular formula is C23H20Cl2F2N10O4. The molecule has 0 atom stereocenters. The highest BCUT2D eigenvalue weighted by Gasteiger charge is 2.24. The van der Waals surface area contributed by atoms with Crippen LogP contribution in [0.1, 0.15) is 44.4 Å². The van der Waals surface area contributed by atoms with Gasteiger partial charge in [-0.2, -0.15) is 9.90 Å². The van der Waals surface area contributed by atoms with E-state index in [2.05, 4.69) is 41.0 Å². The number of hydrogen-bond donors (Lipinski definition) is 2. The van der Waals surface area contributed by atoms with Crippen LogP contribution in [-0.4, -0.2) is 72.0 Å². The van der Waals surface area contributed by atoms with E-state index in [4.69, 9.17) is 23.2 Å². The summed E-state index contributed by atoms with van der Waals surface area (Å²) in [7, 11) is 2.41. The van der Waals surface area contributed by atoms with Gasteiger partial charge in [-0.05, 0) is 48.0 Å². The minimum absolute atomic E-state index is 0.0624. The van der Waals surface area contributed by atoms with Crippen molar-refractivity contribution in [2.45, 2.75) is 19.9 Å². The molecule has 3 amide bonds. The molecule has 14 nitrogen and oxygen atoms in total. The van der Waals surface area contributed by atoms with E-state index in [-0.39, 0.29) is 45.0 Å². The Kier molecular flexibility index (Phi) is 8.73. The molecule has 0 aliphatic heterocycles. The second-order valence-electron chi connectivity index (χ2n) is 8.29. The van der Waals surface area contributed by atoms with E-state index in [0.29, 0.717) is 5.56 Å². The molecule has 4 aromatic rings. The van der Waals surface area contributed by atoms with Crippen molar-refractivity contribution in [3.63, 3.8) is 0 Å². The van der Waals surface area contributed by atoms with Crippen molar-refractivity contribution < 1.29 is 27.9 Å². The number of hydrogen-bond acceptors (Lipinski definition) is 9. The molecule has 0 aliphatic rings. The lowest BCUT2D eigenvalue weighted by molar-refractivity contribution is 0.0767. The van der Waals surface area contributed by atoms with Gasteiger partial charge in [0.2, 0.25) is 5.82 Å². The second kappa shape index (κ2) is 12.2. The maximum absolute atomic E-state index is 13.6. The second-order valence-corrected chi connectivity index (χ2v) is 9.13. The summed E-state index contributed by atoms with van der Waals surface area (Å²) in [5.41, 5.74) is 2.87. The van der Waals surface area contributed by atoms with E-state index in [9.17, 15) is 23.2 Å². The highest BCUT2D eigenvalue weighted by molar-refractivity contribution is 6.32. The number of halogens is 4. The quantitative estimate of drug-likeness (QED) is 0.299. The van der Waals surface area contributed by atoms with Gasteiger partial charge in [-0.15, -0.1) is 10.2 Å². The van der Waals surface area contributed by atoms with Gasteiger partial charge in [0.15, 0.2) is 5.82 Å². The predicted octanol–water partition coefficient (Wildman–Crippen LogP) is 3.45. The van der Waals surface area contributed by atoms with Gasteiger partial charge < -0.3 is 10.1 Å². The monoisotopic (exact) mass is 608 g/mol. The zero-order chi connectivity index (χ0) is 29.8. The average molecular weight is 609 g/mol. The number of benzene rings is 1. The topological polar surface area (TPSA) is 162 Å². The standard InChI is InChI=1S/C23H20Cl2F2N10O4/c1-11-7-12(24)8-14(21(38)33-35(2)23(40)41-3)17(11)29-22(39)16-9-13(10-36-32-19(18(26)27)30-34-36)31-37(16)20-15(25)5-4-6-28-20/h4-9,18H,10H2,1-3H3,(H,29,39)(H,33,38). The van der Waals surface area contributed by atoms with Gasteiger partial charge >= 0.3 is 12.5 Å². The number of amides is 3. The zero-order valence-electron chi connectivity index (χ0n) is 21.5. The van der Waals surface area contributed by atoms with Crippen molar-refractivity contribution in [2.75, 3.05) is 19.5 Å². The Balaban J connectivity index is 1.71. The number of anilines is 1. The van der Waals surface area contributed by atoms with Gasteiger partial charge in [0.25, 0.3) is 11.8 Å². The van der Waals surface area contributed by atoms with Crippen LogP contribution in [0.4, 0.5) is 19.3 Å². The number of pyridine rings is 1. The highest BCUT2D eigenvalue weighted by atomic mass is 35.5. The van der Waals surface area contributed by atoms with Crippen molar-refractivity contribution in [2.24, 2.45) is 0 Å². The van der Waals surface area contributed by atoms with Crippen LogP contribution in [0.25, 0.3) is 5.82 Å². The van der Waals surface area contributed by atoms with Gasteiger partial charge in [-0.3, -0.25) is 15.0 Å². The van der Waals surface area contributed by atoms with Crippen LogP contribution in [0.5, 0.6) is 0 Å². The minimum atomic E-state index is -2.92. The van der Waals surface area contributed by atoms with E-state index < -0.39 is 30.2 Å². The Hall–Kier alpha value is -4.70. The summed E-state index contributed by atoms with van der Waals surface area (Å²) in [6, 6.07) is 7.29. The van der Waals surface area contributed by atoms with E-state index in [0.717, 1.165) is 21.6 Å². The van der Waals surface area contributed by atoms with Gasteiger partial charge in [-0.25, -0.2) is 28.3 Å². The first kappa shape index (κ1) is 29.3. The van der Waals surface area contributed by atoms with Gasteiger partial charge in [-0.1, -0.05) is 23.2 Å². The fourth-order valence-electron chi connectivity index (χ4n) is 3.58. The normalized spacial score (nSPS) is 10.9. The third kappa shape index (κ3) is 6.55. The highest BCUT2D eigenvalue weighted by Crippen LogP contribution is 2.27. The Morgan fingerprint density at radius 3 is 2.56 bits per heavy atom. The molecular weight excluding hydrogens is 589 g/mol. The number of methoxy groups -OCH3 is 1. The van der Waals surface area contributed by atoms with Gasteiger partial charge in [0.05, 0.1) is 29.1 Å². The Bertz CT molecular complexity index is 1630. The van der Waals surface area contributed by atoms with Crippen molar-refractivity contribution in [3.05, 3.63) is 74.9 Å². The van der Waals surface area contributed by atoms with Crippen LogP contribution >= 0.6 is 23.2 Å². The van der Waals surface area contributed by atoms with Crippen LogP contribution in [0, 0.1) is 6.92 Å². The summed E-state index contributed by atoms with van der Waals surface area (Å²) in [6.07, 6.45) is -2.33. The van der Waals surface area contributed by atoms with Crippen molar-refractivity contribution in [1.82, 2.24) is 45.4 Å². The van der Waals surface area contributed by atoms with Crippen LogP contribution in [0.3, 0.4) is 0 Å². The fraction of sp³-hybridized carbons (Fsp3) is 0.217. The lowest BCUT2D eigenvalue weighted by Crippen LogP contribution is -2.43. The fourth-order valence-corrected chi connectivity index (χ4v) is 4.05. The number of nitrogens with zero attached hydrogens (tertiary/aromatic N) is 8. The predicted molar refractivity (Wildman–Crippen MR) is 140 cm³/mol. The summed E-state index contributed by atoms with van der Waals surface area (Å²) >= 11 is 12.5. The summed E-state index contributed by atoms with van der Waals surface area (Å²) in [5, 5.41) is 18.6. The molecule has 0 saturated carbocycles. The minimum Gasteiger partial charge on any atom is -0.452 e. The lowest BCUT2D eigenvalue weighted by atomic mass is 10.1. The number of carbonyl (C=O) groups is 3. The molecule has 0 saturated heterocycles. The van der Waals surface area contributed by atoms with E-state index >= 15 is 0 Å². The number of carbonyl (C=O) groups excluding carboxylic acids is 3. The number of aryl methyl sites for hydroxylation is 1. The van der Waals surface area contributed by atoms with Crippen LogP contribution in [0.2, 0.25) is 10.0 Å². The molecule has 0 fully saturated rings. The molecule has 0 bridgehead atoms.